The van der Waals surface area contributed by atoms with Crippen molar-refractivity contribution in [3.8, 4) is 5.75 Å². The Bertz CT molecular complexity index is 547. The lowest BCUT2D eigenvalue weighted by Crippen LogP contribution is -2.04. The Morgan fingerprint density at radius 2 is 2.28 bits per heavy atom. The van der Waals surface area contributed by atoms with Crippen LogP contribution in [-0.2, 0) is 6.54 Å². The van der Waals surface area contributed by atoms with E-state index in [1.165, 1.54) is 12.5 Å². The van der Waals surface area contributed by atoms with E-state index in [0.717, 1.165) is 11.3 Å². The van der Waals surface area contributed by atoms with Crippen LogP contribution in [0.3, 0.4) is 0 Å². The zero-order valence-electron chi connectivity index (χ0n) is 9.85. The van der Waals surface area contributed by atoms with Gasteiger partial charge in [0.15, 0.2) is 0 Å². The van der Waals surface area contributed by atoms with Crippen LogP contribution in [0.4, 0.5) is 11.5 Å². The second-order valence-corrected chi connectivity index (χ2v) is 4.05. The minimum Gasteiger partial charge on any atom is -0.496 e. The lowest BCUT2D eigenvalue weighted by Gasteiger charge is -2.11. The minimum atomic E-state index is 0.473. The highest BCUT2D eigenvalue weighted by molar-refractivity contribution is 6.32. The summed E-state index contributed by atoms with van der Waals surface area (Å²) in [6.45, 7) is 0.519. The molecule has 0 amide bonds. The summed E-state index contributed by atoms with van der Waals surface area (Å²) in [4.78, 5) is 7.87. The molecule has 0 aliphatic heterocycles. The fourth-order valence-corrected chi connectivity index (χ4v) is 1.73. The molecule has 2 aromatic rings. The predicted octanol–water partition coefficient (Wildman–Crippen LogP) is 2.33. The first-order chi connectivity index (χ1) is 8.70. The number of nitrogens with one attached hydrogen (secondary N) is 1. The van der Waals surface area contributed by atoms with Gasteiger partial charge in [-0.25, -0.2) is 9.97 Å². The maximum Gasteiger partial charge on any atom is 0.148 e. The van der Waals surface area contributed by atoms with E-state index in [1.54, 1.807) is 13.2 Å². The van der Waals surface area contributed by atoms with Gasteiger partial charge in [0.1, 0.15) is 22.9 Å². The largest absolute Gasteiger partial charge is 0.496 e. The van der Waals surface area contributed by atoms with Gasteiger partial charge in [-0.3, -0.25) is 0 Å². The lowest BCUT2D eigenvalue weighted by atomic mass is 10.2. The number of methoxy groups -OCH3 is 1. The average Bonchev–Trinajstić information content (AvgIpc) is 2.38. The van der Waals surface area contributed by atoms with E-state index in [9.17, 15) is 0 Å². The van der Waals surface area contributed by atoms with Crippen LogP contribution in [0.2, 0.25) is 5.02 Å². The van der Waals surface area contributed by atoms with Crippen molar-refractivity contribution in [2.75, 3.05) is 18.2 Å². The fourth-order valence-electron chi connectivity index (χ4n) is 1.56. The molecule has 0 aliphatic carbocycles. The summed E-state index contributed by atoms with van der Waals surface area (Å²) in [5.41, 5.74) is 7.37. The van der Waals surface area contributed by atoms with Crippen LogP contribution < -0.4 is 15.8 Å². The Morgan fingerprint density at radius 1 is 1.44 bits per heavy atom. The van der Waals surface area contributed by atoms with Crippen LogP contribution in [0, 0.1) is 0 Å². The molecular formula is C12H13ClN4O. The van der Waals surface area contributed by atoms with Crippen molar-refractivity contribution < 1.29 is 4.74 Å². The number of nitrogens with two attached hydrogens (primary N) is 1. The van der Waals surface area contributed by atoms with E-state index in [-0.39, 0.29) is 0 Å². The van der Waals surface area contributed by atoms with Crippen LogP contribution in [0.25, 0.3) is 0 Å². The molecule has 1 aromatic carbocycles. The number of anilines is 2. The van der Waals surface area contributed by atoms with E-state index >= 15 is 0 Å². The normalized spacial score (nSPS) is 10.1. The molecule has 0 saturated heterocycles. The number of rotatable bonds is 4. The fraction of sp³-hybridized carbons (Fsp3) is 0.167. The number of aromatic nitrogens is 2. The molecule has 0 atom stereocenters. The molecule has 1 aromatic heterocycles. The van der Waals surface area contributed by atoms with Crippen molar-refractivity contribution in [2.45, 2.75) is 6.54 Å². The number of benzene rings is 1. The van der Waals surface area contributed by atoms with Gasteiger partial charge in [0.2, 0.25) is 0 Å². The third-order valence-electron chi connectivity index (χ3n) is 2.42. The van der Waals surface area contributed by atoms with E-state index in [2.05, 4.69) is 15.3 Å². The van der Waals surface area contributed by atoms with Crippen LogP contribution in [0.15, 0.2) is 30.7 Å². The third-order valence-corrected chi connectivity index (χ3v) is 2.69. The van der Waals surface area contributed by atoms with E-state index in [4.69, 9.17) is 22.1 Å². The van der Waals surface area contributed by atoms with Crippen molar-refractivity contribution in [2.24, 2.45) is 0 Å². The summed E-state index contributed by atoms with van der Waals surface area (Å²) in [5, 5.41) is 3.59. The first-order valence-electron chi connectivity index (χ1n) is 5.32. The van der Waals surface area contributed by atoms with Gasteiger partial charge in [-0.1, -0.05) is 11.6 Å². The van der Waals surface area contributed by atoms with Gasteiger partial charge in [-0.05, 0) is 18.2 Å². The molecule has 2 rings (SSSR count). The molecule has 1 heterocycles. The van der Waals surface area contributed by atoms with Crippen LogP contribution >= 0.6 is 11.6 Å². The van der Waals surface area contributed by atoms with Crippen molar-refractivity contribution in [3.05, 3.63) is 41.3 Å². The first kappa shape index (κ1) is 12.4. The molecule has 0 aliphatic rings. The number of ether oxygens (including phenoxy) is 1. The molecule has 0 fully saturated rings. The summed E-state index contributed by atoms with van der Waals surface area (Å²) in [6, 6.07) is 5.47. The van der Waals surface area contributed by atoms with Gasteiger partial charge in [0, 0.05) is 17.8 Å². The average molecular weight is 265 g/mol. The van der Waals surface area contributed by atoms with Crippen molar-refractivity contribution in [1.29, 1.82) is 0 Å². The highest BCUT2D eigenvalue weighted by atomic mass is 35.5. The second-order valence-electron chi connectivity index (χ2n) is 3.64. The summed E-state index contributed by atoms with van der Waals surface area (Å²) in [7, 11) is 1.62. The number of nitrogen functional groups attached to an aromatic ring is 1. The maximum atomic E-state index is 5.95. The van der Waals surface area contributed by atoms with E-state index in [0.29, 0.717) is 23.1 Å². The number of nitrogens with zero attached hydrogens (tertiary/aromatic N) is 2. The molecule has 0 bridgehead atoms. The number of hydrogen-bond donors (Lipinski definition) is 2. The molecule has 94 valence electrons. The lowest BCUT2D eigenvalue weighted by molar-refractivity contribution is 0.410. The van der Waals surface area contributed by atoms with E-state index in [1.807, 2.05) is 12.1 Å². The standard InChI is InChI=1S/C12H13ClN4O/c1-18-11-3-2-9(14)4-8(11)5-16-12-10(13)6-15-7-17-12/h2-4,6-7H,5,14H2,1H3,(H,15,16,17). The molecule has 0 radical (unpaired) electrons. The molecule has 0 saturated carbocycles. The highest BCUT2D eigenvalue weighted by Gasteiger charge is 2.05. The molecule has 0 unspecified atom stereocenters. The molecular weight excluding hydrogens is 252 g/mol. The molecule has 18 heavy (non-hydrogen) atoms. The van der Waals surface area contributed by atoms with Gasteiger partial charge in [0.05, 0.1) is 13.3 Å². The zero-order chi connectivity index (χ0) is 13.0. The topological polar surface area (TPSA) is 73.1 Å². The number of hydrogen-bond acceptors (Lipinski definition) is 5. The molecule has 6 heteroatoms. The monoisotopic (exact) mass is 264 g/mol. The SMILES string of the molecule is COc1ccc(N)cc1CNc1ncncc1Cl. The van der Waals surface area contributed by atoms with Crippen LogP contribution in [0.5, 0.6) is 5.75 Å². The Hall–Kier alpha value is -2.01. The van der Waals surface area contributed by atoms with Gasteiger partial charge in [-0.15, -0.1) is 0 Å². The summed E-state index contributed by atoms with van der Waals surface area (Å²) >= 11 is 5.95. The zero-order valence-corrected chi connectivity index (χ0v) is 10.6. The first-order valence-corrected chi connectivity index (χ1v) is 5.70. The highest BCUT2D eigenvalue weighted by Crippen LogP contribution is 2.23. The van der Waals surface area contributed by atoms with Crippen molar-refractivity contribution in [3.63, 3.8) is 0 Å². The van der Waals surface area contributed by atoms with E-state index < -0.39 is 0 Å². The third kappa shape index (κ3) is 2.81. The van der Waals surface area contributed by atoms with Crippen molar-refractivity contribution in [1.82, 2.24) is 9.97 Å². The Kier molecular flexibility index (Phi) is 3.84. The number of halogens is 1. The van der Waals surface area contributed by atoms with Crippen molar-refractivity contribution >= 4 is 23.1 Å². The maximum absolute atomic E-state index is 5.95. The smallest absolute Gasteiger partial charge is 0.148 e. The Labute approximate surface area is 110 Å². The van der Waals surface area contributed by atoms with Gasteiger partial charge in [-0.2, -0.15) is 0 Å². The molecule has 3 N–H and O–H groups in total. The minimum absolute atomic E-state index is 0.473. The van der Waals surface area contributed by atoms with Crippen LogP contribution in [-0.4, -0.2) is 17.1 Å². The molecule has 0 spiro atoms. The summed E-state index contributed by atoms with van der Waals surface area (Å²) in [5.74, 6) is 1.35. The van der Waals surface area contributed by atoms with Gasteiger partial charge >= 0.3 is 0 Å². The predicted molar refractivity (Wildman–Crippen MR) is 71.8 cm³/mol. The van der Waals surface area contributed by atoms with Gasteiger partial charge in [0.25, 0.3) is 0 Å². The van der Waals surface area contributed by atoms with Gasteiger partial charge < -0.3 is 15.8 Å². The van der Waals surface area contributed by atoms with Crippen LogP contribution in [0.1, 0.15) is 5.56 Å². The summed E-state index contributed by atoms with van der Waals surface area (Å²) < 4.78 is 5.26. The quantitative estimate of drug-likeness (QED) is 0.829. The molecule has 5 nitrogen and oxygen atoms in total. The Morgan fingerprint density at radius 3 is 3.00 bits per heavy atom. The summed E-state index contributed by atoms with van der Waals surface area (Å²) in [6.07, 6.45) is 2.97. The second kappa shape index (κ2) is 5.55. The Balaban J connectivity index is 2.15.